The van der Waals surface area contributed by atoms with Gasteiger partial charge in [-0.15, -0.1) is 0 Å². The van der Waals surface area contributed by atoms with Crippen LogP contribution in [0, 0.1) is 28.1 Å². The van der Waals surface area contributed by atoms with Gasteiger partial charge in [0, 0.05) is 4.47 Å². The first kappa shape index (κ1) is 14.5. The highest BCUT2D eigenvalue weighted by Gasteiger charge is 2.15. The Balaban J connectivity index is 2.51. The van der Waals surface area contributed by atoms with Crippen molar-refractivity contribution in [3.8, 4) is 17.9 Å². The van der Waals surface area contributed by atoms with E-state index in [9.17, 15) is 0 Å². The van der Waals surface area contributed by atoms with Gasteiger partial charge >= 0.3 is 0 Å². The van der Waals surface area contributed by atoms with Gasteiger partial charge < -0.3 is 4.74 Å². The van der Waals surface area contributed by atoms with Crippen LogP contribution in [0.5, 0.6) is 5.75 Å². The Kier molecular flexibility index (Phi) is 5.19. The number of rotatable bonds is 5. The number of ether oxygens (including phenoxy) is 1. The minimum Gasteiger partial charge on any atom is -0.492 e. The molecule has 0 N–H and O–H groups in total. The molecule has 3 nitrogen and oxygen atoms in total. The first-order chi connectivity index (χ1) is 8.48. The van der Waals surface area contributed by atoms with Crippen molar-refractivity contribution < 1.29 is 4.74 Å². The van der Waals surface area contributed by atoms with E-state index in [1.807, 2.05) is 19.9 Å². The molecule has 0 radical (unpaired) electrons. The van der Waals surface area contributed by atoms with Crippen molar-refractivity contribution in [2.75, 3.05) is 6.61 Å². The minimum absolute atomic E-state index is 0.318. The monoisotopic (exact) mass is 306 g/mol. The summed E-state index contributed by atoms with van der Waals surface area (Å²) in [6.07, 6.45) is 1.57. The van der Waals surface area contributed by atoms with E-state index in [1.54, 1.807) is 12.1 Å². The smallest absolute Gasteiger partial charge is 0.137 e. The van der Waals surface area contributed by atoms with Crippen LogP contribution in [-0.2, 0) is 0 Å². The van der Waals surface area contributed by atoms with Gasteiger partial charge in [0.25, 0.3) is 0 Å². The normalized spacial score (nSPS) is 10.5. The van der Waals surface area contributed by atoms with Crippen LogP contribution in [0.25, 0.3) is 0 Å². The van der Waals surface area contributed by atoms with Crippen LogP contribution in [-0.4, -0.2) is 6.61 Å². The second-order valence-electron chi connectivity index (χ2n) is 4.70. The number of nitrogens with zero attached hydrogens (tertiary/aromatic N) is 2. The lowest BCUT2D eigenvalue weighted by molar-refractivity contribution is 0.283. The lowest BCUT2D eigenvalue weighted by atomic mass is 9.90. The fourth-order valence-electron chi connectivity index (χ4n) is 1.47. The summed E-state index contributed by atoms with van der Waals surface area (Å²) >= 11 is 3.31. The number of nitriles is 2. The summed E-state index contributed by atoms with van der Waals surface area (Å²) in [4.78, 5) is 0. The third-order valence-corrected chi connectivity index (χ3v) is 3.06. The molecule has 94 valence electrons. The van der Waals surface area contributed by atoms with E-state index in [0.29, 0.717) is 17.9 Å². The van der Waals surface area contributed by atoms with E-state index < -0.39 is 0 Å². The SMILES string of the molecule is CC(C)(C#N)CCCOc1ccc(Br)cc1C#N. The number of halogens is 1. The van der Waals surface area contributed by atoms with Crippen LogP contribution in [0.15, 0.2) is 22.7 Å². The molecule has 4 heteroatoms. The average Bonchev–Trinajstić information content (AvgIpc) is 2.36. The van der Waals surface area contributed by atoms with Crippen molar-refractivity contribution >= 4 is 15.9 Å². The molecule has 1 aromatic rings. The predicted molar refractivity (Wildman–Crippen MR) is 73.0 cm³/mol. The van der Waals surface area contributed by atoms with Gasteiger partial charge in [-0.1, -0.05) is 15.9 Å². The fraction of sp³-hybridized carbons (Fsp3) is 0.429. The van der Waals surface area contributed by atoms with Crippen molar-refractivity contribution in [2.45, 2.75) is 26.7 Å². The maximum absolute atomic E-state index is 8.97. The van der Waals surface area contributed by atoms with E-state index >= 15 is 0 Å². The first-order valence-corrected chi connectivity index (χ1v) is 6.51. The van der Waals surface area contributed by atoms with E-state index in [0.717, 1.165) is 17.3 Å². The van der Waals surface area contributed by atoms with Gasteiger partial charge in [0.2, 0.25) is 0 Å². The van der Waals surface area contributed by atoms with Crippen molar-refractivity contribution in [2.24, 2.45) is 5.41 Å². The second-order valence-corrected chi connectivity index (χ2v) is 5.62. The molecule has 0 unspecified atom stereocenters. The minimum atomic E-state index is -0.318. The summed E-state index contributed by atoms with van der Waals surface area (Å²) in [5.41, 5.74) is 0.199. The molecule has 0 amide bonds. The third-order valence-electron chi connectivity index (χ3n) is 2.57. The van der Waals surface area contributed by atoms with Crippen LogP contribution in [0.3, 0.4) is 0 Å². The molecule has 0 atom stereocenters. The Bertz CT molecular complexity index is 497. The summed E-state index contributed by atoms with van der Waals surface area (Å²) in [7, 11) is 0. The molecule has 0 aliphatic rings. The standard InChI is InChI=1S/C14H15BrN2O/c1-14(2,10-17)6-3-7-18-13-5-4-12(15)8-11(13)9-16/h4-5,8H,3,6-7H2,1-2H3. The van der Waals surface area contributed by atoms with Crippen molar-refractivity contribution in [1.29, 1.82) is 10.5 Å². The summed E-state index contributed by atoms with van der Waals surface area (Å²) in [6, 6.07) is 9.70. The first-order valence-electron chi connectivity index (χ1n) is 5.72. The van der Waals surface area contributed by atoms with E-state index in [1.165, 1.54) is 0 Å². The van der Waals surface area contributed by atoms with Crippen molar-refractivity contribution in [3.63, 3.8) is 0 Å². The van der Waals surface area contributed by atoms with Crippen LogP contribution >= 0.6 is 15.9 Å². The van der Waals surface area contributed by atoms with Gasteiger partial charge in [-0.05, 0) is 44.9 Å². The van der Waals surface area contributed by atoms with Crippen LogP contribution in [0.2, 0.25) is 0 Å². The average molecular weight is 307 g/mol. The fourth-order valence-corrected chi connectivity index (χ4v) is 1.83. The third kappa shape index (κ3) is 4.39. The largest absolute Gasteiger partial charge is 0.492 e. The van der Waals surface area contributed by atoms with E-state index in [2.05, 4.69) is 28.1 Å². The Morgan fingerprint density at radius 1 is 1.33 bits per heavy atom. The number of hydrogen-bond acceptors (Lipinski definition) is 3. The zero-order valence-electron chi connectivity index (χ0n) is 10.5. The number of hydrogen-bond donors (Lipinski definition) is 0. The molecular weight excluding hydrogens is 292 g/mol. The van der Waals surface area contributed by atoms with E-state index in [4.69, 9.17) is 15.3 Å². The molecule has 18 heavy (non-hydrogen) atoms. The van der Waals surface area contributed by atoms with Gasteiger partial charge in [0.1, 0.15) is 11.8 Å². The van der Waals surface area contributed by atoms with Crippen LogP contribution in [0.1, 0.15) is 32.3 Å². The molecule has 0 aliphatic carbocycles. The van der Waals surface area contributed by atoms with Gasteiger partial charge in [-0.25, -0.2) is 0 Å². The van der Waals surface area contributed by atoms with Gasteiger partial charge in [-0.2, -0.15) is 10.5 Å². The van der Waals surface area contributed by atoms with Crippen molar-refractivity contribution in [1.82, 2.24) is 0 Å². The Hall–Kier alpha value is -1.52. The Morgan fingerprint density at radius 2 is 2.06 bits per heavy atom. The Labute approximate surface area is 116 Å². The summed E-state index contributed by atoms with van der Waals surface area (Å²) in [6.45, 7) is 4.34. The van der Waals surface area contributed by atoms with Gasteiger partial charge in [0.05, 0.1) is 23.7 Å². The summed E-state index contributed by atoms with van der Waals surface area (Å²) < 4.78 is 6.43. The molecular formula is C14H15BrN2O. The highest BCUT2D eigenvalue weighted by Crippen LogP contribution is 2.24. The molecule has 0 fully saturated rings. The lowest BCUT2D eigenvalue weighted by Gasteiger charge is -2.15. The molecule has 0 saturated heterocycles. The molecule has 0 spiro atoms. The van der Waals surface area contributed by atoms with E-state index in [-0.39, 0.29) is 5.41 Å². The maximum Gasteiger partial charge on any atom is 0.137 e. The quantitative estimate of drug-likeness (QED) is 0.772. The topological polar surface area (TPSA) is 56.8 Å². The van der Waals surface area contributed by atoms with Gasteiger partial charge in [0.15, 0.2) is 0 Å². The van der Waals surface area contributed by atoms with Crippen molar-refractivity contribution in [3.05, 3.63) is 28.2 Å². The Morgan fingerprint density at radius 3 is 2.67 bits per heavy atom. The molecule has 0 aliphatic heterocycles. The zero-order valence-corrected chi connectivity index (χ0v) is 12.1. The molecule has 1 rings (SSSR count). The molecule has 0 aromatic heterocycles. The predicted octanol–water partition coefficient (Wildman–Crippen LogP) is 4.03. The van der Waals surface area contributed by atoms with Gasteiger partial charge in [-0.3, -0.25) is 0 Å². The lowest BCUT2D eigenvalue weighted by Crippen LogP contribution is -2.10. The molecule has 0 saturated carbocycles. The summed E-state index contributed by atoms with van der Waals surface area (Å²) in [5.74, 6) is 0.593. The summed E-state index contributed by atoms with van der Waals surface area (Å²) in [5, 5.41) is 17.9. The van der Waals surface area contributed by atoms with Crippen LogP contribution in [0.4, 0.5) is 0 Å². The van der Waals surface area contributed by atoms with Crippen LogP contribution < -0.4 is 4.74 Å². The molecule has 0 bridgehead atoms. The highest BCUT2D eigenvalue weighted by atomic mass is 79.9. The maximum atomic E-state index is 8.97. The zero-order chi connectivity index (χ0) is 13.6. The molecule has 1 aromatic carbocycles. The molecule has 0 heterocycles. The highest BCUT2D eigenvalue weighted by molar-refractivity contribution is 9.10. The number of benzene rings is 1. The second kappa shape index (κ2) is 6.42.